The number of amides is 1. The first-order valence-corrected chi connectivity index (χ1v) is 43.0. The zero-order valence-corrected chi connectivity index (χ0v) is 70.3. The van der Waals surface area contributed by atoms with Gasteiger partial charge in [0.2, 0.25) is 0 Å². The van der Waals surface area contributed by atoms with E-state index in [2.05, 4.69) is 25.3 Å². The molecule has 3 aromatic carbocycles. The second-order valence-corrected chi connectivity index (χ2v) is 34.9. The second-order valence-electron chi connectivity index (χ2n) is 29.4. The molecular formula is C71H112F3N9O25P4. The molecule has 632 valence electrons. The molecule has 5 aliphatic heterocycles. The molecule has 0 saturated carbocycles. The van der Waals surface area contributed by atoms with Crippen LogP contribution in [0.3, 0.4) is 0 Å². The Balaban J connectivity index is 0.000000207. The average Bonchev–Trinajstić information content (AvgIpc) is 1.64. The minimum atomic E-state index is -4.32. The van der Waals surface area contributed by atoms with Crippen molar-refractivity contribution in [3.63, 3.8) is 0 Å². The fraction of sp³-hybridized carbons (Fsp3) is 0.676. The number of ether oxygens (including phenoxy) is 8. The summed E-state index contributed by atoms with van der Waals surface area (Å²) in [6.07, 6.45) is -3.51. The molecule has 5 aromatic rings. The number of guanidine groups is 1. The summed E-state index contributed by atoms with van der Waals surface area (Å²) in [4.78, 5) is 70.3. The van der Waals surface area contributed by atoms with E-state index in [1.807, 2.05) is 85.1 Å². The SMILES string of the molecule is CC(C)OC[C@H](COP(=O)(O)OC(C)C)OCN1C=NC2C(=O)NC(N)=NC21.Cc1cc(F)cc2c1ncn2[C@H]1CC(OP(=O)(O)OC(C)C)[C@@H](COC(C)C)O1.Cc1cc([C@H]2CC(OP(=O)(O)OC(C)C)[C@@H](COC(C)C)O2)c(F)cc1F.Cc1cccc2c1ncn2[C@H]1CC(OP(=O)(O)OC(C)C)[C@@H](COC(C)C)O1. The van der Waals surface area contributed by atoms with Crippen molar-refractivity contribution < 1.29 is 130 Å². The molecule has 16 atom stereocenters. The van der Waals surface area contributed by atoms with Gasteiger partial charge >= 0.3 is 31.3 Å². The molecule has 41 heteroatoms. The summed E-state index contributed by atoms with van der Waals surface area (Å²) in [6.45, 7) is 33.9. The number of aliphatic imine (C=N–C) groups is 2. The zero-order valence-electron chi connectivity index (χ0n) is 66.7. The molecule has 3 fully saturated rings. The smallest absolute Gasteiger partial charge is 0.376 e. The maximum atomic E-state index is 14.2. The number of nitrogens with one attached hydrogen (secondary N) is 1. The van der Waals surface area contributed by atoms with Crippen LogP contribution in [-0.2, 0) is 97.1 Å². The van der Waals surface area contributed by atoms with E-state index >= 15 is 0 Å². The molecule has 0 aliphatic carbocycles. The molecule has 0 spiro atoms. The third-order valence-electron chi connectivity index (χ3n) is 16.7. The Labute approximate surface area is 651 Å². The van der Waals surface area contributed by atoms with Crippen LogP contribution in [0.1, 0.15) is 171 Å². The van der Waals surface area contributed by atoms with E-state index in [0.29, 0.717) is 17.5 Å². The number of nitrogens with two attached hydrogens (primary N) is 1. The number of carbonyl (C=O) groups is 1. The van der Waals surface area contributed by atoms with Gasteiger partial charge in [0, 0.05) is 30.9 Å². The van der Waals surface area contributed by atoms with Crippen molar-refractivity contribution >= 4 is 71.6 Å². The summed E-state index contributed by atoms with van der Waals surface area (Å²) >= 11 is 0. The second kappa shape index (κ2) is 41.8. The van der Waals surface area contributed by atoms with Crippen LogP contribution in [0.2, 0.25) is 0 Å². The number of aryl methyl sites for hydroxylation is 3. The van der Waals surface area contributed by atoms with E-state index in [0.717, 1.165) is 28.2 Å². The largest absolute Gasteiger partial charge is 0.472 e. The molecule has 0 radical (unpaired) electrons. The Hall–Kier alpha value is -5.08. The van der Waals surface area contributed by atoms with Crippen LogP contribution >= 0.6 is 31.3 Å². The van der Waals surface area contributed by atoms with Crippen molar-refractivity contribution in [2.24, 2.45) is 15.7 Å². The summed E-state index contributed by atoms with van der Waals surface area (Å²) in [7, 11) is -17.0. The summed E-state index contributed by atoms with van der Waals surface area (Å²) in [6, 6.07) is 10.3. The highest BCUT2D eigenvalue weighted by molar-refractivity contribution is 7.48. The lowest BCUT2D eigenvalue weighted by molar-refractivity contribution is -0.123. The molecule has 34 nitrogen and oxygen atoms in total. The summed E-state index contributed by atoms with van der Waals surface area (Å²) < 4.78 is 181. The molecule has 5 aliphatic rings. The topological polar surface area (TPSA) is 416 Å². The van der Waals surface area contributed by atoms with Gasteiger partial charge in [0.1, 0.15) is 79.4 Å². The first-order chi connectivity index (χ1) is 52.3. The van der Waals surface area contributed by atoms with E-state index in [1.165, 1.54) is 31.5 Å². The van der Waals surface area contributed by atoms with Crippen molar-refractivity contribution in [2.45, 2.75) is 273 Å². The lowest BCUT2D eigenvalue weighted by Gasteiger charge is -2.29. The van der Waals surface area contributed by atoms with Crippen molar-refractivity contribution in [1.82, 2.24) is 29.3 Å². The van der Waals surface area contributed by atoms with Crippen LogP contribution in [0.15, 0.2) is 65.1 Å². The molecular weight excluding hydrogens is 1560 g/mol. The van der Waals surface area contributed by atoms with Crippen LogP contribution in [0, 0.1) is 38.2 Å². The van der Waals surface area contributed by atoms with Gasteiger partial charge in [-0.3, -0.25) is 51.3 Å². The maximum absolute atomic E-state index is 14.2. The van der Waals surface area contributed by atoms with Gasteiger partial charge in [0.15, 0.2) is 18.2 Å². The molecule has 0 bridgehead atoms. The number of imidazole rings is 2. The van der Waals surface area contributed by atoms with E-state index in [-0.39, 0.29) is 112 Å². The first-order valence-electron chi connectivity index (χ1n) is 37.0. The highest BCUT2D eigenvalue weighted by atomic mass is 31.2. The van der Waals surface area contributed by atoms with Gasteiger partial charge in [-0.25, -0.2) is 46.4 Å². The minimum absolute atomic E-state index is 0.00494. The van der Waals surface area contributed by atoms with Gasteiger partial charge in [-0.1, -0.05) is 12.1 Å². The van der Waals surface area contributed by atoms with Gasteiger partial charge in [-0.2, -0.15) is 0 Å². The third-order valence-corrected chi connectivity index (χ3v) is 21.5. The number of hydrogen-bond acceptors (Lipinski definition) is 27. The van der Waals surface area contributed by atoms with Crippen LogP contribution < -0.4 is 11.1 Å². The Morgan fingerprint density at radius 1 is 0.545 bits per heavy atom. The number of hydrogen-bond donors (Lipinski definition) is 6. The molecule has 7 heterocycles. The molecule has 1 amide bonds. The molecule has 112 heavy (non-hydrogen) atoms. The number of phosphoric ester groups is 4. The van der Waals surface area contributed by atoms with Crippen molar-refractivity contribution in [2.75, 3.05) is 39.8 Å². The maximum Gasteiger partial charge on any atom is 0.472 e. The Morgan fingerprint density at radius 2 is 1.01 bits per heavy atom. The van der Waals surface area contributed by atoms with Crippen LogP contribution in [-0.4, -0.2) is 205 Å². The standard InChI is InChI=1S/C19H28FN2O6P.C19H29N2O6P.C18H27F2O6P.C15H28N5O7P/c1-11(2)25-9-17-16(28-29(23,24)27-12(3)4)8-18(26-17)22-10-21-19-13(5)6-14(20)7-15(19)22;1-12(2)24-10-17-16(27-28(22,23)26-13(3)4)9-18(25-17)21-11-20-19-14(5)7-6-8-15(19)21;1-10(2)23-9-18-17(26-27(21,22)25-11(3)4)8-16(24-18)13-6-12(5)14(19)7-15(13)20;1-9(2)24-5-11(6-26-28(22,23)27-10(3)4)25-8-20-7-17-12-13(20)18-15(16)19-14(12)21/h6-7,10-12,16-18H,8-9H2,1-5H3,(H,23,24);6-8,11-13,16-18H,9-10H2,1-5H3,(H,22,23);6-7,10-11,16-18H,8-9H2,1-5H3,(H,21,22);7,9-13H,5-6,8H2,1-4H3,(H,22,23)(H3,16,18,19,21)/t2*16?,17-,18-;16-,17?,18-;11-,12?,13?/m1111/s1. The van der Waals surface area contributed by atoms with Gasteiger partial charge in [-0.15, -0.1) is 0 Å². The fourth-order valence-corrected chi connectivity index (χ4v) is 16.4. The number of nitrogens with zero attached hydrogens (tertiary/aromatic N) is 7. The van der Waals surface area contributed by atoms with Gasteiger partial charge in [0.05, 0.1) is 129 Å². The number of para-hydroxylation sites is 1. The van der Waals surface area contributed by atoms with E-state index in [4.69, 9.17) is 79.8 Å². The molecule has 3 saturated heterocycles. The lowest BCUT2D eigenvalue weighted by atomic mass is 10.0. The van der Waals surface area contributed by atoms with Crippen molar-refractivity contribution in [3.05, 3.63) is 94.8 Å². The van der Waals surface area contributed by atoms with E-state index < -0.39 is 135 Å². The molecule has 2 aromatic heterocycles. The quantitative estimate of drug-likeness (QED) is 0.0205. The minimum Gasteiger partial charge on any atom is -0.376 e. The van der Waals surface area contributed by atoms with Gasteiger partial charge in [0.25, 0.3) is 5.91 Å². The predicted molar refractivity (Wildman–Crippen MR) is 406 cm³/mol. The normalized spacial score (nSPS) is 25.0. The Bertz CT molecular complexity index is 4140. The van der Waals surface area contributed by atoms with Crippen molar-refractivity contribution in [1.29, 1.82) is 0 Å². The van der Waals surface area contributed by atoms with Gasteiger partial charge < -0.3 is 77.2 Å². The van der Waals surface area contributed by atoms with E-state index in [9.17, 15) is 55.8 Å². The van der Waals surface area contributed by atoms with Crippen LogP contribution in [0.4, 0.5) is 13.2 Å². The van der Waals surface area contributed by atoms with Crippen molar-refractivity contribution in [3.8, 4) is 0 Å². The summed E-state index contributed by atoms with van der Waals surface area (Å²) in [5, 5.41) is 2.42. The first kappa shape index (κ1) is 94.1. The Morgan fingerprint density at radius 3 is 1.50 bits per heavy atom. The third kappa shape index (κ3) is 28.9. The molecule has 7 N–H and O–H groups in total. The number of rotatable bonds is 35. The molecule has 10 rings (SSSR count). The van der Waals surface area contributed by atoms with Gasteiger partial charge in [-0.05, 0) is 173 Å². The fourth-order valence-electron chi connectivity index (χ4n) is 12.0. The number of carbonyl (C=O) groups excluding carboxylic acids is 1. The monoisotopic (exact) mass is 1670 g/mol. The lowest BCUT2D eigenvalue weighted by Crippen LogP contribution is -2.54. The van der Waals surface area contributed by atoms with Crippen LogP contribution in [0.5, 0.6) is 0 Å². The number of phosphoric acid groups is 4. The highest BCUT2D eigenvalue weighted by Crippen LogP contribution is 2.53. The molecule has 9 unspecified atom stereocenters. The summed E-state index contributed by atoms with van der Waals surface area (Å²) in [5.74, 6) is -2.08. The number of aromatic nitrogens is 4. The predicted octanol–water partition coefficient (Wildman–Crippen LogP) is 12.3. The number of fused-ring (bicyclic) bond motifs is 3. The number of halogens is 3. The highest BCUT2D eigenvalue weighted by Gasteiger charge is 2.47. The van der Waals surface area contributed by atoms with E-state index in [1.54, 1.807) is 84.4 Å². The summed E-state index contributed by atoms with van der Waals surface area (Å²) in [5.41, 5.74) is 11.0. The average molecular weight is 1670 g/mol. The number of benzene rings is 3. The zero-order chi connectivity index (χ0) is 83.1. The van der Waals surface area contributed by atoms with Crippen LogP contribution in [0.25, 0.3) is 22.1 Å². The Kier molecular flexibility index (Phi) is 35.2.